The summed E-state index contributed by atoms with van der Waals surface area (Å²) in [4.78, 5) is 0. The van der Waals surface area contributed by atoms with Crippen molar-refractivity contribution in [1.82, 2.24) is 0 Å². The normalized spacial score (nSPS) is 13.2. The molecular formula is C7H6BClO4. The van der Waals surface area contributed by atoms with Crippen molar-refractivity contribution < 1.29 is 19.5 Å². The minimum Gasteiger partial charge on any atom is -0.454 e. The van der Waals surface area contributed by atoms with Gasteiger partial charge in [-0.15, -0.1) is 0 Å². The fraction of sp³-hybridized carbons (Fsp3) is 0.143. The second kappa shape index (κ2) is 3.10. The molecule has 1 aliphatic rings. The predicted octanol–water partition coefficient (Wildman–Crippen LogP) is -0.252. The molecule has 2 N–H and O–H groups in total. The molecule has 1 aliphatic heterocycles. The second-order valence-electron chi connectivity index (χ2n) is 2.61. The van der Waals surface area contributed by atoms with Crippen LogP contribution >= 0.6 is 11.6 Å². The van der Waals surface area contributed by atoms with E-state index in [4.69, 9.17) is 31.1 Å². The summed E-state index contributed by atoms with van der Waals surface area (Å²) in [7, 11) is -1.55. The maximum atomic E-state index is 8.88. The van der Waals surface area contributed by atoms with Gasteiger partial charge in [-0.1, -0.05) is 11.6 Å². The first-order chi connectivity index (χ1) is 6.18. The van der Waals surface area contributed by atoms with Crippen molar-refractivity contribution in [3.05, 3.63) is 17.2 Å². The number of halogens is 1. The van der Waals surface area contributed by atoms with E-state index in [0.29, 0.717) is 16.5 Å². The molecule has 68 valence electrons. The summed E-state index contributed by atoms with van der Waals surface area (Å²) >= 11 is 5.79. The van der Waals surface area contributed by atoms with Crippen LogP contribution in [-0.4, -0.2) is 24.0 Å². The Hall–Kier alpha value is -0.905. The minimum atomic E-state index is -1.55. The largest absolute Gasteiger partial charge is 0.488 e. The molecular weight excluding hydrogens is 194 g/mol. The fourth-order valence-electron chi connectivity index (χ4n) is 1.14. The molecule has 1 heterocycles. The summed E-state index contributed by atoms with van der Waals surface area (Å²) in [5, 5.41) is 18.1. The molecule has 2 rings (SSSR count). The molecule has 0 aliphatic carbocycles. The van der Waals surface area contributed by atoms with Gasteiger partial charge in [0.25, 0.3) is 0 Å². The van der Waals surface area contributed by atoms with Crippen LogP contribution in [0.2, 0.25) is 5.02 Å². The molecule has 0 saturated carbocycles. The van der Waals surface area contributed by atoms with E-state index in [9.17, 15) is 0 Å². The van der Waals surface area contributed by atoms with E-state index < -0.39 is 7.12 Å². The highest BCUT2D eigenvalue weighted by Crippen LogP contribution is 2.37. The third kappa shape index (κ3) is 1.46. The molecule has 0 spiro atoms. The van der Waals surface area contributed by atoms with Crippen molar-refractivity contribution in [3.63, 3.8) is 0 Å². The van der Waals surface area contributed by atoms with Gasteiger partial charge in [-0.2, -0.15) is 0 Å². The average Bonchev–Trinajstić information content (AvgIpc) is 2.51. The smallest absolute Gasteiger partial charge is 0.454 e. The topological polar surface area (TPSA) is 58.9 Å². The Kier molecular flexibility index (Phi) is 2.07. The highest BCUT2D eigenvalue weighted by molar-refractivity contribution is 6.59. The summed E-state index contributed by atoms with van der Waals surface area (Å²) in [6.07, 6.45) is 0. The molecule has 0 radical (unpaired) electrons. The summed E-state index contributed by atoms with van der Waals surface area (Å²) < 4.78 is 10.1. The lowest BCUT2D eigenvalue weighted by atomic mass is 9.80. The molecule has 0 atom stereocenters. The van der Waals surface area contributed by atoms with Crippen molar-refractivity contribution in [1.29, 1.82) is 0 Å². The van der Waals surface area contributed by atoms with Crippen molar-refractivity contribution in [2.75, 3.05) is 6.79 Å². The van der Waals surface area contributed by atoms with E-state index >= 15 is 0 Å². The van der Waals surface area contributed by atoms with Gasteiger partial charge >= 0.3 is 7.12 Å². The number of fused-ring (bicyclic) bond motifs is 1. The minimum absolute atomic E-state index is 0.111. The number of rotatable bonds is 1. The summed E-state index contributed by atoms with van der Waals surface area (Å²) in [5.41, 5.74) is 0.286. The maximum Gasteiger partial charge on any atom is 0.488 e. The quantitative estimate of drug-likeness (QED) is 0.614. The van der Waals surface area contributed by atoms with Gasteiger partial charge < -0.3 is 19.5 Å². The Bertz CT molecular complexity index is 342. The summed E-state index contributed by atoms with van der Waals surface area (Å²) in [6.45, 7) is 0.111. The van der Waals surface area contributed by atoms with E-state index in [1.54, 1.807) is 0 Å². The standard InChI is InChI=1S/C7H6BClO4/c9-5-1-4(8(10)11)2-6-7(5)13-3-12-6/h1-2,10-11H,3H2. The lowest BCUT2D eigenvalue weighted by molar-refractivity contribution is 0.174. The molecule has 4 nitrogen and oxygen atoms in total. The zero-order valence-electron chi connectivity index (χ0n) is 6.53. The Balaban J connectivity index is 2.49. The highest BCUT2D eigenvalue weighted by atomic mass is 35.5. The van der Waals surface area contributed by atoms with Crippen molar-refractivity contribution >= 4 is 24.2 Å². The molecule has 0 aromatic heterocycles. The number of hydrogen-bond acceptors (Lipinski definition) is 4. The first-order valence-corrected chi connectivity index (χ1v) is 4.01. The van der Waals surface area contributed by atoms with E-state index in [1.807, 2.05) is 0 Å². The highest BCUT2D eigenvalue weighted by Gasteiger charge is 2.22. The van der Waals surface area contributed by atoms with Gasteiger partial charge in [0.1, 0.15) is 0 Å². The first-order valence-electron chi connectivity index (χ1n) is 3.63. The monoisotopic (exact) mass is 200 g/mol. The molecule has 0 bridgehead atoms. The van der Waals surface area contributed by atoms with Crippen molar-refractivity contribution in [2.45, 2.75) is 0 Å². The van der Waals surface area contributed by atoms with E-state index in [0.717, 1.165) is 0 Å². The molecule has 0 unspecified atom stereocenters. The Morgan fingerprint density at radius 1 is 1.31 bits per heavy atom. The van der Waals surface area contributed by atoms with Gasteiger partial charge in [0.05, 0.1) is 5.02 Å². The van der Waals surface area contributed by atoms with Gasteiger partial charge in [-0.25, -0.2) is 0 Å². The molecule has 1 aromatic carbocycles. The lowest BCUT2D eigenvalue weighted by Gasteiger charge is -2.03. The van der Waals surface area contributed by atoms with Crippen LogP contribution in [0.15, 0.2) is 12.1 Å². The molecule has 13 heavy (non-hydrogen) atoms. The molecule has 0 fully saturated rings. The van der Waals surface area contributed by atoms with Gasteiger partial charge in [0.15, 0.2) is 11.5 Å². The van der Waals surface area contributed by atoms with E-state index in [1.165, 1.54) is 12.1 Å². The van der Waals surface area contributed by atoms with E-state index in [-0.39, 0.29) is 12.3 Å². The number of benzene rings is 1. The first kappa shape index (κ1) is 8.68. The lowest BCUT2D eigenvalue weighted by Crippen LogP contribution is -2.29. The van der Waals surface area contributed by atoms with Gasteiger partial charge in [-0.05, 0) is 17.6 Å². The molecule has 6 heteroatoms. The van der Waals surface area contributed by atoms with Gasteiger partial charge in [-0.3, -0.25) is 0 Å². The van der Waals surface area contributed by atoms with Crippen LogP contribution in [0.4, 0.5) is 0 Å². The maximum absolute atomic E-state index is 8.88. The van der Waals surface area contributed by atoms with Crippen LogP contribution in [0.5, 0.6) is 11.5 Å². The van der Waals surface area contributed by atoms with Crippen LogP contribution in [0, 0.1) is 0 Å². The SMILES string of the molecule is OB(O)c1cc(Cl)c2c(c1)OCO2. The Morgan fingerprint density at radius 3 is 2.77 bits per heavy atom. The van der Waals surface area contributed by atoms with Crippen molar-refractivity contribution in [2.24, 2.45) is 0 Å². The van der Waals surface area contributed by atoms with E-state index in [2.05, 4.69) is 0 Å². The molecule has 1 aromatic rings. The van der Waals surface area contributed by atoms with Crippen LogP contribution in [0.3, 0.4) is 0 Å². The third-order valence-electron chi connectivity index (χ3n) is 1.75. The zero-order chi connectivity index (χ0) is 9.42. The van der Waals surface area contributed by atoms with Gasteiger partial charge in [0.2, 0.25) is 6.79 Å². The van der Waals surface area contributed by atoms with Crippen LogP contribution < -0.4 is 14.9 Å². The summed E-state index contributed by atoms with van der Waals surface area (Å²) in [6, 6.07) is 2.92. The van der Waals surface area contributed by atoms with Crippen LogP contribution in [0.1, 0.15) is 0 Å². The summed E-state index contributed by atoms with van der Waals surface area (Å²) in [5.74, 6) is 0.890. The van der Waals surface area contributed by atoms with Gasteiger partial charge in [0, 0.05) is 0 Å². The fourth-order valence-corrected chi connectivity index (χ4v) is 1.41. The molecule has 0 saturated heterocycles. The predicted molar refractivity (Wildman–Crippen MR) is 47.4 cm³/mol. The Labute approximate surface area is 79.8 Å². The Morgan fingerprint density at radius 2 is 2.08 bits per heavy atom. The van der Waals surface area contributed by atoms with Crippen molar-refractivity contribution in [3.8, 4) is 11.5 Å². The zero-order valence-corrected chi connectivity index (χ0v) is 7.28. The second-order valence-corrected chi connectivity index (χ2v) is 3.02. The number of hydrogen-bond donors (Lipinski definition) is 2. The molecule has 0 amide bonds. The van der Waals surface area contributed by atoms with Crippen LogP contribution in [-0.2, 0) is 0 Å². The average molecular weight is 200 g/mol. The number of ether oxygens (including phenoxy) is 2. The van der Waals surface area contributed by atoms with Crippen LogP contribution in [0.25, 0.3) is 0 Å². The third-order valence-corrected chi connectivity index (χ3v) is 2.03.